The maximum atomic E-state index is 12.9. The molecule has 0 bridgehead atoms. The fourth-order valence-corrected chi connectivity index (χ4v) is 4.35. The molecule has 0 heterocycles. The van der Waals surface area contributed by atoms with E-state index >= 15 is 0 Å². The summed E-state index contributed by atoms with van der Waals surface area (Å²) in [6.45, 7) is 4.11. The summed E-state index contributed by atoms with van der Waals surface area (Å²) in [4.78, 5) is 12.4. The molecule has 11 heteroatoms. The molecule has 2 aromatic rings. The normalized spacial score (nSPS) is 12.9. The van der Waals surface area contributed by atoms with Crippen LogP contribution in [0.25, 0.3) is 0 Å². The lowest BCUT2D eigenvalue weighted by Crippen LogP contribution is -2.49. The van der Waals surface area contributed by atoms with Gasteiger partial charge in [0, 0.05) is 6.54 Å². The third-order valence-corrected chi connectivity index (χ3v) is 6.03. The molecule has 0 aliphatic carbocycles. The van der Waals surface area contributed by atoms with Gasteiger partial charge in [-0.25, -0.2) is 13.1 Å². The van der Waals surface area contributed by atoms with E-state index < -0.39 is 33.7 Å². The number of hydrogen-bond acceptors (Lipinski definition) is 5. The number of nitrogens with one attached hydrogen (secondary N) is 2. The number of sulfonamides is 1. The highest BCUT2D eigenvalue weighted by Crippen LogP contribution is 2.30. The summed E-state index contributed by atoms with van der Waals surface area (Å²) in [5, 5.41) is 2.75. The van der Waals surface area contributed by atoms with Gasteiger partial charge in [0.25, 0.3) is 0 Å². The largest absolute Gasteiger partial charge is 0.493 e. The SMILES string of the molecule is COc1cc(CCNC(=O)[C@@H](NS(C)(=O)=O)C(C)C)ccc1OCCCc1cccc(C(F)(F)F)c1. The first-order valence-corrected chi connectivity index (χ1v) is 13.4. The van der Waals surface area contributed by atoms with Crippen molar-refractivity contribution in [2.75, 3.05) is 26.5 Å². The molecule has 0 aliphatic rings. The molecule has 0 radical (unpaired) electrons. The van der Waals surface area contributed by atoms with Crippen molar-refractivity contribution in [3.63, 3.8) is 0 Å². The highest BCUT2D eigenvalue weighted by Gasteiger charge is 2.30. The monoisotopic (exact) mass is 530 g/mol. The van der Waals surface area contributed by atoms with Gasteiger partial charge < -0.3 is 14.8 Å². The molecular formula is C25H33F3N2O5S. The average molecular weight is 531 g/mol. The smallest absolute Gasteiger partial charge is 0.416 e. The van der Waals surface area contributed by atoms with E-state index in [0.717, 1.165) is 24.0 Å². The van der Waals surface area contributed by atoms with Crippen molar-refractivity contribution in [1.82, 2.24) is 10.0 Å². The molecule has 0 saturated heterocycles. The van der Waals surface area contributed by atoms with Crippen LogP contribution in [0.1, 0.15) is 37.0 Å². The van der Waals surface area contributed by atoms with Gasteiger partial charge in [0.05, 0.1) is 25.5 Å². The van der Waals surface area contributed by atoms with Gasteiger partial charge in [-0.2, -0.15) is 13.2 Å². The maximum absolute atomic E-state index is 12.9. The summed E-state index contributed by atoms with van der Waals surface area (Å²) in [7, 11) is -2.02. The van der Waals surface area contributed by atoms with Gasteiger partial charge in [0.15, 0.2) is 11.5 Å². The van der Waals surface area contributed by atoms with E-state index in [1.54, 1.807) is 32.0 Å². The van der Waals surface area contributed by atoms with E-state index in [1.165, 1.54) is 13.2 Å². The number of benzene rings is 2. The summed E-state index contributed by atoms with van der Waals surface area (Å²) in [5.41, 5.74) is 0.797. The van der Waals surface area contributed by atoms with Gasteiger partial charge in [-0.15, -0.1) is 0 Å². The number of methoxy groups -OCH3 is 1. The van der Waals surface area contributed by atoms with Crippen LogP contribution in [0.15, 0.2) is 42.5 Å². The fourth-order valence-electron chi connectivity index (χ4n) is 3.51. The molecule has 0 unspecified atom stereocenters. The molecule has 1 atom stereocenters. The zero-order valence-corrected chi connectivity index (χ0v) is 21.6. The predicted octanol–water partition coefficient (Wildman–Crippen LogP) is 3.96. The van der Waals surface area contributed by atoms with Crippen molar-refractivity contribution in [3.8, 4) is 11.5 Å². The molecule has 2 N–H and O–H groups in total. The molecule has 0 aliphatic heterocycles. The van der Waals surface area contributed by atoms with E-state index in [0.29, 0.717) is 49.5 Å². The Hall–Kier alpha value is -2.79. The Morgan fingerprint density at radius 3 is 2.33 bits per heavy atom. The minimum absolute atomic E-state index is 0.218. The Morgan fingerprint density at radius 1 is 1.03 bits per heavy atom. The lowest BCUT2D eigenvalue weighted by molar-refractivity contribution is -0.137. The standard InChI is InChI=1S/C25H33F3N2O5S/c1-17(2)23(30-36(4,32)33)24(31)29-13-12-19-10-11-21(22(16-19)34-3)35-14-6-8-18-7-5-9-20(15-18)25(26,27)28/h5,7,9-11,15-17,23,30H,6,8,12-14H2,1-4H3,(H,29,31)/t23-/m0/s1. The van der Waals surface area contributed by atoms with Crippen LogP contribution >= 0.6 is 0 Å². The summed E-state index contributed by atoms with van der Waals surface area (Å²) >= 11 is 0. The fraction of sp³-hybridized carbons (Fsp3) is 0.480. The van der Waals surface area contributed by atoms with Crippen molar-refractivity contribution in [2.24, 2.45) is 5.92 Å². The molecule has 200 valence electrons. The summed E-state index contributed by atoms with van der Waals surface area (Å²) in [5.74, 6) is 0.385. The third-order valence-electron chi connectivity index (χ3n) is 5.35. The second kappa shape index (κ2) is 13.0. The first-order valence-electron chi connectivity index (χ1n) is 11.5. The molecule has 2 rings (SSSR count). The van der Waals surface area contributed by atoms with Gasteiger partial charge in [-0.05, 0) is 54.5 Å². The number of carbonyl (C=O) groups is 1. The number of ether oxygens (including phenoxy) is 2. The van der Waals surface area contributed by atoms with E-state index in [-0.39, 0.29) is 5.92 Å². The highest BCUT2D eigenvalue weighted by molar-refractivity contribution is 7.88. The second-order valence-corrected chi connectivity index (χ2v) is 10.6. The molecule has 36 heavy (non-hydrogen) atoms. The lowest BCUT2D eigenvalue weighted by atomic mass is 10.0. The molecule has 0 saturated carbocycles. The zero-order chi connectivity index (χ0) is 26.9. The quantitative estimate of drug-likeness (QED) is 0.383. The van der Waals surface area contributed by atoms with Crippen LogP contribution in [0.3, 0.4) is 0 Å². The van der Waals surface area contributed by atoms with Gasteiger partial charge in [0.1, 0.15) is 6.04 Å². The van der Waals surface area contributed by atoms with Crippen LogP contribution in [0.5, 0.6) is 11.5 Å². The van der Waals surface area contributed by atoms with Crippen LogP contribution < -0.4 is 19.5 Å². The van der Waals surface area contributed by atoms with Crippen LogP contribution in [0, 0.1) is 5.92 Å². The number of carbonyl (C=O) groups excluding carboxylic acids is 1. The topological polar surface area (TPSA) is 93.7 Å². The molecule has 1 amide bonds. The summed E-state index contributed by atoms with van der Waals surface area (Å²) < 4.78 is 75.1. The van der Waals surface area contributed by atoms with Gasteiger partial charge in [0.2, 0.25) is 15.9 Å². The Bertz CT molecular complexity index is 1120. The van der Waals surface area contributed by atoms with Crippen molar-refractivity contribution in [1.29, 1.82) is 0 Å². The third kappa shape index (κ3) is 9.69. The molecular weight excluding hydrogens is 497 g/mol. The second-order valence-electron chi connectivity index (χ2n) is 8.79. The number of amides is 1. The highest BCUT2D eigenvalue weighted by atomic mass is 32.2. The zero-order valence-electron chi connectivity index (χ0n) is 20.8. The number of alkyl halides is 3. The summed E-state index contributed by atoms with van der Waals surface area (Å²) in [6, 6.07) is 9.73. The maximum Gasteiger partial charge on any atom is 0.416 e. The Balaban J connectivity index is 1.87. The van der Waals surface area contributed by atoms with Crippen LogP contribution in [0.2, 0.25) is 0 Å². The number of aryl methyl sites for hydroxylation is 1. The van der Waals surface area contributed by atoms with Crippen LogP contribution in [-0.4, -0.2) is 46.9 Å². The number of halogens is 3. The Morgan fingerprint density at radius 2 is 1.72 bits per heavy atom. The molecule has 0 spiro atoms. The number of rotatable bonds is 13. The average Bonchev–Trinajstić information content (AvgIpc) is 2.79. The first-order chi connectivity index (χ1) is 16.8. The van der Waals surface area contributed by atoms with Crippen LogP contribution in [0.4, 0.5) is 13.2 Å². The van der Waals surface area contributed by atoms with Gasteiger partial charge in [-0.1, -0.05) is 38.1 Å². The molecule has 7 nitrogen and oxygen atoms in total. The van der Waals surface area contributed by atoms with Gasteiger partial charge in [-0.3, -0.25) is 4.79 Å². The minimum Gasteiger partial charge on any atom is -0.493 e. The van der Waals surface area contributed by atoms with E-state index in [1.807, 2.05) is 6.07 Å². The van der Waals surface area contributed by atoms with Crippen LogP contribution in [-0.2, 0) is 33.8 Å². The number of hydrogen-bond donors (Lipinski definition) is 2. The van der Waals surface area contributed by atoms with Crippen molar-refractivity contribution < 1.29 is 35.9 Å². The van der Waals surface area contributed by atoms with Crippen molar-refractivity contribution in [3.05, 3.63) is 59.2 Å². The van der Waals surface area contributed by atoms with E-state index in [9.17, 15) is 26.4 Å². The minimum atomic E-state index is -4.37. The van der Waals surface area contributed by atoms with E-state index in [4.69, 9.17) is 9.47 Å². The van der Waals surface area contributed by atoms with Gasteiger partial charge >= 0.3 is 6.18 Å². The Labute approximate surface area is 210 Å². The van der Waals surface area contributed by atoms with E-state index in [2.05, 4.69) is 10.0 Å². The molecule has 2 aromatic carbocycles. The van der Waals surface area contributed by atoms with Crippen molar-refractivity contribution in [2.45, 2.75) is 45.3 Å². The summed E-state index contributed by atoms with van der Waals surface area (Å²) in [6.07, 6.45) is -1.90. The Kier molecular flexibility index (Phi) is 10.6. The first kappa shape index (κ1) is 29.4. The predicted molar refractivity (Wildman–Crippen MR) is 132 cm³/mol. The lowest BCUT2D eigenvalue weighted by Gasteiger charge is -2.20. The molecule has 0 aromatic heterocycles. The van der Waals surface area contributed by atoms with Crippen molar-refractivity contribution >= 4 is 15.9 Å². The molecule has 0 fully saturated rings.